The summed E-state index contributed by atoms with van der Waals surface area (Å²) < 4.78 is 5.55. The molecule has 4 rings (SSSR count). The van der Waals surface area contributed by atoms with Crippen molar-refractivity contribution in [2.45, 2.75) is 19.6 Å². The molecule has 0 amide bonds. The Morgan fingerprint density at radius 2 is 1.47 bits per heavy atom. The van der Waals surface area contributed by atoms with Crippen molar-refractivity contribution in [2.24, 2.45) is 0 Å². The van der Waals surface area contributed by atoms with Gasteiger partial charge >= 0.3 is 0 Å². The summed E-state index contributed by atoms with van der Waals surface area (Å²) in [7, 11) is 0. The average molecular weight is 282 g/mol. The molecule has 1 aromatic heterocycles. The van der Waals surface area contributed by atoms with E-state index in [1.807, 2.05) is 35.7 Å². The van der Waals surface area contributed by atoms with Gasteiger partial charge in [-0.05, 0) is 30.3 Å². The molecule has 0 spiro atoms. The quantitative estimate of drug-likeness (QED) is 0.453. The first kappa shape index (κ1) is 11.3. The van der Waals surface area contributed by atoms with Crippen molar-refractivity contribution < 1.29 is 4.42 Å². The first-order valence-electron chi connectivity index (χ1n) is 6.03. The van der Waals surface area contributed by atoms with Crippen LogP contribution in [0.25, 0.3) is 11.3 Å². The Morgan fingerprint density at radius 3 is 2.26 bits per heavy atom. The van der Waals surface area contributed by atoms with Crippen LogP contribution >= 0.6 is 23.5 Å². The Labute approximate surface area is 120 Å². The van der Waals surface area contributed by atoms with Crippen LogP contribution in [0.4, 0.5) is 0 Å². The van der Waals surface area contributed by atoms with E-state index in [1.165, 1.54) is 25.1 Å². The number of fused-ring (bicyclic) bond motifs is 2. The van der Waals surface area contributed by atoms with Crippen molar-refractivity contribution in [2.75, 3.05) is 0 Å². The molecular weight excluding hydrogens is 272 g/mol. The van der Waals surface area contributed by atoms with Crippen LogP contribution in [0.5, 0.6) is 0 Å². The van der Waals surface area contributed by atoms with E-state index in [9.17, 15) is 0 Å². The highest BCUT2D eigenvalue weighted by Crippen LogP contribution is 2.51. The molecule has 3 aromatic rings. The Morgan fingerprint density at radius 1 is 0.684 bits per heavy atom. The summed E-state index contributed by atoms with van der Waals surface area (Å²) in [5.74, 6) is 0.935. The SMILES string of the molecule is c1coc(-c2cccc3c2Sc2ccccc2S3)c1. The minimum absolute atomic E-state index is 0.935. The van der Waals surface area contributed by atoms with Gasteiger partial charge in [0.25, 0.3) is 0 Å². The lowest BCUT2D eigenvalue weighted by atomic mass is 10.2. The Kier molecular flexibility index (Phi) is 2.67. The van der Waals surface area contributed by atoms with Gasteiger partial charge < -0.3 is 4.42 Å². The average Bonchev–Trinajstić information content (AvgIpc) is 2.98. The molecular formula is C16H10OS2. The normalized spacial score (nSPS) is 12.8. The molecule has 1 aliphatic heterocycles. The Bertz CT molecular complexity index is 732. The predicted molar refractivity (Wildman–Crippen MR) is 78.8 cm³/mol. The van der Waals surface area contributed by atoms with Gasteiger partial charge in [-0.3, -0.25) is 0 Å². The lowest BCUT2D eigenvalue weighted by molar-refractivity contribution is 0.580. The minimum Gasteiger partial charge on any atom is -0.464 e. The third-order valence-corrected chi connectivity index (χ3v) is 5.66. The Hall–Kier alpha value is -1.58. The number of benzene rings is 2. The summed E-state index contributed by atoms with van der Waals surface area (Å²) in [5, 5.41) is 0. The van der Waals surface area contributed by atoms with Gasteiger partial charge in [0.1, 0.15) is 5.76 Å². The zero-order valence-corrected chi connectivity index (χ0v) is 11.6. The van der Waals surface area contributed by atoms with Crippen LogP contribution < -0.4 is 0 Å². The third-order valence-electron chi connectivity index (χ3n) is 3.05. The highest BCUT2D eigenvalue weighted by Gasteiger charge is 2.20. The number of rotatable bonds is 1. The van der Waals surface area contributed by atoms with Crippen molar-refractivity contribution in [1.29, 1.82) is 0 Å². The standard InChI is InChI=1S/C16H10OS2/c1-2-8-14-13(7-1)18-15-9-3-5-11(16(15)19-14)12-6-4-10-17-12/h1-10H. The highest BCUT2D eigenvalue weighted by atomic mass is 32.2. The molecule has 2 aromatic carbocycles. The van der Waals surface area contributed by atoms with Crippen LogP contribution in [0, 0.1) is 0 Å². The predicted octanol–water partition coefficient (Wildman–Crippen LogP) is 5.56. The topological polar surface area (TPSA) is 13.1 Å². The van der Waals surface area contributed by atoms with Gasteiger partial charge in [0.2, 0.25) is 0 Å². The van der Waals surface area contributed by atoms with E-state index in [-0.39, 0.29) is 0 Å². The molecule has 92 valence electrons. The number of hydrogen-bond acceptors (Lipinski definition) is 3. The van der Waals surface area contributed by atoms with Gasteiger partial charge in [0.05, 0.1) is 6.26 Å². The van der Waals surface area contributed by atoms with Crippen LogP contribution in [0.1, 0.15) is 0 Å². The van der Waals surface area contributed by atoms with Crippen LogP contribution in [0.3, 0.4) is 0 Å². The summed E-state index contributed by atoms with van der Waals surface area (Å²) in [4.78, 5) is 5.24. The van der Waals surface area contributed by atoms with Gasteiger partial charge in [-0.15, -0.1) is 0 Å². The van der Waals surface area contributed by atoms with E-state index < -0.39 is 0 Å². The van der Waals surface area contributed by atoms with E-state index in [4.69, 9.17) is 4.42 Å². The molecule has 0 aliphatic carbocycles. The van der Waals surface area contributed by atoms with Gasteiger partial charge in [-0.2, -0.15) is 0 Å². The molecule has 0 fully saturated rings. The summed E-state index contributed by atoms with van der Waals surface area (Å²) >= 11 is 3.66. The molecule has 0 unspecified atom stereocenters. The molecule has 0 saturated heterocycles. The second kappa shape index (κ2) is 4.51. The zero-order chi connectivity index (χ0) is 12.7. The maximum Gasteiger partial charge on any atom is 0.135 e. The van der Waals surface area contributed by atoms with E-state index in [0.29, 0.717) is 0 Å². The molecule has 3 heteroatoms. The maximum absolute atomic E-state index is 5.55. The number of hydrogen-bond donors (Lipinski definition) is 0. The van der Waals surface area contributed by atoms with Gasteiger partial charge in [0.15, 0.2) is 0 Å². The molecule has 1 aliphatic rings. The molecule has 0 saturated carbocycles. The van der Waals surface area contributed by atoms with Gasteiger partial charge in [0, 0.05) is 25.1 Å². The Balaban J connectivity index is 1.88. The first-order chi connectivity index (χ1) is 9.42. The molecule has 0 radical (unpaired) electrons. The second-order valence-corrected chi connectivity index (χ2v) is 6.40. The summed E-state index contributed by atoms with van der Waals surface area (Å²) in [5.41, 5.74) is 1.18. The van der Waals surface area contributed by atoms with Crippen LogP contribution in [0.15, 0.2) is 84.9 Å². The lowest BCUT2D eigenvalue weighted by Crippen LogP contribution is -1.91. The van der Waals surface area contributed by atoms with Crippen molar-refractivity contribution >= 4 is 23.5 Å². The first-order valence-corrected chi connectivity index (χ1v) is 7.67. The van der Waals surface area contributed by atoms with Crippen molar-refractivity contribution in [3.63, 3.8) is 0 Å². The van der Waals surface area contributed by atoms with Crippen LogP contribution in [-0.4, -0.2) is 0 Å². The summed E-state index contributed by atoms with van der Waals surface area (Å²) in [6.45, 7) is 0. The monoisotopic (exact) mass is 282 g/mol. The smallest absolute Gasteiger partial charge is 0.135 e. The van der Waals surface area contributed by atoms with E-state index in [1.54, 1.807) is 6.26 Å². The van der Waals surface area contributed by atoms with Gasteiger partial charge in [-0.25, -0.2) is 0 Å². The van der Waals surface area contributed by atoms with E-state index in [0.717, 1.165) is 5.76 Å². The zero-order valence-electron chi connectivity index (χ0n) is 10.00. The van der Waals surface area contributed by atoms with Crippen molar-refractivity contribution in [3.8, 4) is 11.3 Å². The summed E-state index contributed by atoms with van der Waals surface area (Å²) in [6.07, 6.45) is 1.73. The van der Waals surface area contributed by atoms with Crippen molar-refractivity contribution in [3.05, 3.63) is 60.9 Å². The second-order valence-electron chi connectivity index (χ2n) is 4.26. The maximum atomic E-state index is 5.55. The molecule has 19 heavy (non-hydrogen) atoms. The van der Waals surface area contributed by atoms with E-state index in [2.05, 4.69) is 42.5 Å². The molecule has 2 heterocycles. The molecule has 0 N–H and O–H groups in total. The number of furan rings is 1. The van der Waals surface area contributed by atoms with Crippen LogP contribution in [-0.2, 0) is 0 Å². The minimum atomic E-state index is 0.935. The van der Waals surface area contributed by atoms with Crippen molar-refractivity contribution in [1.82, 2.24) is 0 Å². The molecule has 0 bridgehead atoms. The fourth-order valence-electron chi connectivity index (χ4n) is 2.17. The van der Waals surface area contributed by atoms with Crippen LogP contribution in [0.2, 0.25) is 0 Å². The lowest BCUT2D eigenvalue weighted by Gasteiger charge is -2.19. The van der Waals surface area contributed by atoms with E-state index >= 15 is 0 Å². The largest absolute Gasteiger partial charge is 0.464 e. The highest BCUT2D eigenvalue weighted by molar-refractivity contribution is 8.05. The fraction of sp³-hybridized carbons (Fsp3) is 0. The summed E-state index contributed by atoms with van der Waals surface area (Å²) in [6, 6.07) is 18.9. The third kappa shape index (κ3) is 1.90. The fourth-order valence-corrected chi connectivity index (χ4v) is 4.56. The van der Waals surface area contributed by atoms with Gasteiger partial charge in [-0.1, -0.05) is 47.8 Å². The molecule has 0 atom stereocenters. The molecule has 1 nitrogen and oxygen atoms in total.